The van der Waals surface area contributed by atoms with Crippen molar-refractivity contribution in [3.8, 4) is 0 Å². The van der Waals surface area contributed by atoms with Gasteiger partial charge in [0.25, 0.3) is 0 Å². The highest BCUT2D eigenvalue weighted by Crippen LogP contribution is 2.51. The summed E-state index contributed by atoms with van der Waals surface area (Å²) in [5.74, 6) is -0.0810. The average Bonchev–Trinajstić information content (AvgIpc) is 3.09. The highest BCUT2D eigenvalue weighted by atomic mass is 19.1. The molecule has 1 saturated carbocycles. The number of nitrogens with zero attached hydrogens (tertiary/aromatic N) is 1. The van der Waals surface area contributed by atoms with Crippen molar-refractivity contribution in [1.29, 1.82) is 0 Å². The molecule has 2 aliphatic rings. The number of carbonyl (C=O) groups excluding carboxylic acids is 1. The molecule has 1 unspecified atom stereocenters. The number of amides is 1. The van der Waals surface area contributed by atoms with Crippen LogP contribution in [-0.2, 0) is 10.2 Å². The Balaban J connectivity index is 1.89. The molecule has 1 amide bonds. The number of hydrogen-bond acceptors (Lipinski definition) is 1. The molecule has 0 aromatic heterocycles. The van der Waals surface area contributed by atoms with Gasteiger partial charge in [-0.2, -0.15) is 0 Å². The van der Waals surface area contributed by atoms with E-state index in [-0.39, 0.29) is 11.7 Å². The summed E-state index contributed by atoms with van der Waals surface area (Å²) >= 11 is 0. The molecular formula is C16H20FNO. The van der Waals surface area contributed by atoms with Crippen LogP contribution >= 0.6 is 0 Å². The maximum Gasteiger partial charge on any atom is 0.233 e. The summed E-state index contributed by atoms with van der Waals surface area (Å²) in [6, 6.07) is 7.11. The normalized spacial score (nSPS) is 24.5. The van der Waals surface area contributed by atoms with Gasteiger partial charge in [-0.05, 0) is 38.2 Å². The summed E-state index contributed by atoms with van der Waals surface area (Å²) in [6.07, 6.45) is 4.76. The van der Waals surface area contributed by atoms with E-state index in [9.17, 15) is 9.18 Å². The molecule has 1 aromatic rings. The third kappa shape index (κ3) is 1.96. The summed E-state index contributed by atoms with van der Waals surface area (Å²) in [5, 5.41) is 0. The molecule has 1 saturated heterocycles. The van der Waals surface area contributed by atoms with E-state index in [0.717, 1.165) is 38.6 Å². The molecule has 102 valence electrons. The number of halogens is 1. The van der Waals surface area contributed by atoms with Gasteiger partial charge in [0.05, 0.1) is 5.41 Å². The van der Waals surface area contributed by atoms with Crippen LogP contribution in [0.5, 0.6) is 0 Å². The monoisotopic (exact) mass is 261 g/mol. The Bertz CT molecular complexity index is 495. The smallest absolute Gasteiger partial charge is 0.233 e. The first-order valence-corrected chi connectivity index (χ1v) is 7.25. The highest BCUT2D eigenvalue weighted by Gasteiger charge is 2.55. The van der Waals surface area contributed by atoms with Crippen LogP contribution in [0.1, 0.15) is 44.6 Å². The molecule has 19 heavy (non-hydrogen) atoms. The van der Waals surface area contributed by atoms with Crippen LogP contribution in [-0.4, -0.2) is 23.4 Å². The number of benzene rings is 1. The Kier molecular flexibility index (Phi) is 3.08. The van der Waals surface area contributed by atoms with E-state index in [1.165, 1.54) is 6.07 Å². The lowest BCUT2D eigenvalue weighted by Gasteiger charge is -2.28. The van der Waals surface area contributed by atoms with Crippen molar-refractivity contribution in [2.45, 2.75) is 50.5 Å². The molecular weight excluding hydrogens is 241 g/mol. The standard InChI is InChI=1S/C16H20FNO/c1-2-12-6-5-11-18(12)15(19)16(9-10-16)13-7-3-4-8-14(13)17/h3-4,7-8,12H,2,5-6,9-11H2,1H3. The van der Waals surface area contributed by atoms with Gasteiger partial charge in [-0.25, -0.2) is 4.39 Å². The lowest BCUT2D eigenvalue weighted by Crippen LogP contribution is -2.42. The second kappa shape index (κ2) is 4.62. The molecule has 1 aromatic carbocycles. The highest BCUT2D eigenvalue weighted by molar-refractivity contribution is 5.91. The summed E-state index contributed by atoms with van der Waals surface area (Å²) < 4.78 is 14.0. The van der Waals surface area contributed by atoms with Crippen molar-refractivity contribution in [3.63, 3.8) is 0 Å². The van der Waals surface area contributed by atoms with Crippen molar-refractivity contribution in [3.05, 3.63) is 35.6 Å². The largest absolute Gasteiger partial charge is 0.339 e. The molecule has 1 heterocycles. The molecule has 3 rings (SSSR count). The molecule has 3 heteroatoms. The van der Waals surface area contributed by atoms with Gasteiger partial charge in [-0.1, -0.05) is 25.1 Å². The third-order valence-corrected chi connectivity index (χ3v) is 4.66. The van der Waals surface area contributed by atoms with Gasteiger partial charge in [0, 0.05) is 18.2 Å². The lowest BCUT2D eigenvalue weighted by molar-refractivity contribution is -0.134. The number of hydrogen-bond donors (Lipinski definition) is 0. The van der Waals surface area contributed by atoms with E-state index >= 15 is 0 Å². The fraction of sp³-hybridized carbons (Fsp3) is 0.562. The Morgan fingerprint density at radius 3 is 2.79 bits per heavy atom. The van der Waals surface area contributed by atoms with Crippen LogP contribution < -0.4 is 0 Å². The fourth-order valence-corrected chi connectivity index (χ4v) is 3.38. The van der Waals surface area contributed by atoms with Crippen molar-refractivity contribution in [1.82, 2.24) is 4.90 Å². The summed E-state index contributed by atoms with van der Waals surface area (Å²) in [4.78, 5) is 14.8. The SMILES string of the molecule is CCC1CCCN1C(=O)C1(c2ccccc2F)CC1. The summed E-state index contributed by atoms with van der Waals surface area (Å²) in [7, 11) is 0. The molecule has 0 radical (unpaired) electrons. The fourth-order valence-electron chi connectivity index (χ4n) is 3.38. The average molecular weight is 261 g/mol. The van der Waals surface area contributed by atoms with Gasteiger partial charge in [0.2, 0.25) is 5.91 Å². The van der Waals surface area contributed by atoms with Crippen LogP contribution in [0.15, 0.2) is 24.3 Å². The third-order valence-electron chi connectivity index (χ3n) is 4.66. The quantitative estimate of drug-likeness (QED) is 0.818. The first-order chi connectivity index (χ1) is 9.19. The first-order valence-electron chi connectivity index (χ1n) is 7.25. The second-order valence-corrected chi connectivity index (χ2v) is 5.76. The first kappa shape index (κ1) is 12.6. The minimum atomic E-state index is -0.552. The van der Waals surface area contributed by atoms with E-state index < -0.39 is 5.41 Å². The molecule has 0 N–H and O–H groups in total. The Labute approximate surface area is 113 Å². The number of carbonyl (C=O) groups is 1. The van der Waals surface area contributed by atoms with Crippen LogP contribution in [0.4, 0.5) is 4.39 Å². The van der Waals surface area contributed by atoms with Crippen molar-refractivity contribution in [2.24, 2.45) is 0 Å². The predicted molar refractivity (Wildman–Crippen MR) is 72.3 cm³/mol. The van der Waals surface area contributed by atoms with Crippen molar-refractivity contribution < 1.29 is 9.18 Å². The van der Waals surface area contributed by atoms with Gasteiger partial charge in [0.1, 0.15) is 5.82 Å². The number of likely N-dealkylation sites (tertiary alicyclic amines) is 1. The lowest BCUT2D eigenvalue weighted by atomic mass is 9.93. The minimum Gasteiger partial charge on any atom is -0.339 e. The van der Waals surface area contributed by atoms with Gasteiger partial charge in [-0.3, -0.25) is 4.79 Å². The maximum absolute atomic E-state index is 14.0. The van der Waals surface area contributed by atoms with Crippen LogP contribution in [0.2, 0.25) is 0 Å². The predicted octanol–water partition coefficient (Wildman–Crippen LogP) is 3.26. The summed E-state index contributed by atoms with van der Waals surface area (Å²) in [6.45, 7) is 2.96. The van der Waals surface area contributed by atoms with Gasteiger partial charge in [-0.15, -0.1) is 0 Å². The second-order valence-electron chi connectivity index (χ2n) is 5.76. The van der Waals surface area contributed by atoms with Crippen LogP contribution in [0.25, 0.3) is 0 Å². The van der Waals surface area contributed by atoms with E-state index in [1.807, 2.05) is 11.0 Å². The maximum atomic E-state index is 14.0. The molecule has 0 bridgehead atoms. The van der Waals surface area contributed by atoms with Gasteiger partial charge >= 0.3 is 0 Å². The van der Waals surface area contributed by atoms with Crippen LogP contribution in [0.3, 0.4) is 0 Å². The Morgan fingerprint density at radius 2 is 2.16 bits per heavy atom. The minimum absolute atomic E-state index is 0.155. The molecule has 2 nitrogen and oxygen atoms in total. The van der Waals surface area contributed by atoms with Crippen molar-refractivity contribution in [2.75, 3.05) is 6.54 Å². The molecule has 1 atom stereocenters. The zero-order valence-electron chi connectivity index (χ0n) is 11.4. The Morgan fingerprint density at radius 1 is 1.42 bits per heavy atom. The van der Waals surface area contributed by atoms with Gasteiger partial charge < -0.3 is 4.90 Å². The molecule has 0 spiro atoms. The molecule has 1 aliphatic carbocycles. The zero-order valence-corrected chi connectivity index (χ0v) is 11.4. The van der Waals surface area contributed by atoms with E-state index in [1.54, 1.807) is 12.1 Å². The topological polar surface area (TPSA) is 20.3 Å². The zero-order chi connectivity index (χ0) is 13.5. The molecule has 1 aliphatic heterocycles. The van der Waals surface area contributed by atoms with E-state index in [0.29, 0.717) is 11.6 Å². The van der Waals surface area contributed by atoms with Gasteiger partial charge in [0.15, 0.2) is 0 Å². The Hall–Kier alpha value is -1.38. The van der Waals surface area contributed by atoms with E-state index in [4.69, 9.17) is 0 Å². The van der Waals surface area contributed by atoms with E-state index in [2.05, 4.69) is 6.92 Å². The molecule has 2 fully saturated rings. The number of rotatable bonds is 3. The summed E-state index contributed by atoms with van der Waals surface area (Å²) in [5.41, 5.74) is 0.0464. The van der Waals surface area contributed by atoms with Crippen molar-refractivity contribution >= 4 is 5.91 Å². The van der Waals surface area contributed by atoms with Crippen LogP contribution in [0, 0.1) is 5.82 Å².